The van der Waals surface area contributed by atoms with Gasteiger partial charge in [-0.15, -0.1) is 0 Å². The predicted octanol–water partition coefficient (Wildman–Crippen LogP) is 0.786. The number of piperazine rings is 1. The van der Waals surface area contributed by atoms with Crippen LogP contribution in [0.15, 0.2) is 18.5 Å². The van der Waals surface area contributed by atoms with E-state index in [4.69, 9.17) is 0 Å². The molecule has 102 valence electrons. The first kappa shape index (κ1) is 13.6. The van der Waals surface area contributed by atoms with Gasteiger partial charge in [-0.25, -0.2) is 0 Å². The molecule has 1 saturated heterocycles. The van der Waals surface area contributed by atoms with Gasteiger partial charge in [0.25, 0.3) is 0 Å². The average Bonchev–Trinajstić information content (AvgIpc) is 2.83. The Kier molecular flexibility index (Phi) is 4.43. The molecule has 4 heteroatoms. The highest BCUT2D eigenvalue weighted by atomic mass is 15.2. The van der Waals surface area contributed by atoms with E-state index >= 15 is 0 Å². The molecule has 4 nitrogen and oxygen atoms in total. The third-order valence-corrected chi connectivity index (χ3v) is 3.80. The number of hydrogen-bond donors (Lipinski definition) is 3. The van der Waals surface area contributed by atoms with Crippen molar-refractivity contribution in [3.8, 4) is 0 Å². The smallest absolute Gasteiger partial charge is 0.0320 e. The van der Waals surface area contributed by atoms with Gasteiger partial charge in [0.15, 0.2) is 0 Å². The molecule has 0 saturated carbocycles. The van der Waals surface area contributed by atoms with Crippen LogP contribution in [0.25, 0.3) is 0 Å². The second-order valence-corrected chi connectivity index (χ2v) is 6.03. The van der Waals surface area contributed by atoms with E-state index in [1.807, 2.05) is 6.20 Å². The molecule has 0 aromatic carbocycles. The number of hydrogen-bond acceptors (Lipinski definition) is 3. The van der Waals surface area contributed by atoms with Crippen molar-refractivity contribution in [1.29, 1.82) is 0 Å². The third-order valence-electron chi connectivity index (χ3n) is 3.80. The summed E-state index contributed by atoms with van der Waals surface area (Å²) in [5, 5.41) is 7.16. The van der Waals surface area contributed by atoms with E-state index in [0.29, 0.717) is 6.04 Å². The van der Waals surface area contributed by atoms with Crippen LogP contribution in [0.1, 0.15) is 19.4 Å². The standard InChI is InChI=1S/C14H26N4/c1-14(2,12-4-5-15-8-12)11-16-9-13-10-18(3)7-6-17-13/h4-5,8,13,15-17H,6-7,9-11H2,1-3H3. The molecular weight excluding hydrogens is 224 g/mol. The highest BCUT2D eigenvalue weighted by Crippen LogP contribution is 2.21. The Labute approximate surface area is 110 Å². The van der Waals surface area contributed by atoms with Crippen LogP contribution < -0.4 is 10.6 Å². The Morgan fingerprint density at radius 1 is 1.50 bits per heavy atom. The minimum absolute atomic E-state index is 0.181. The minimum Gasteiger partial charge on any atom is -0.367 e. The number of aromatic amines is 1. The Balaban J connectivity index is 1.74. The lowest BCUT2D eigenvalue weighted by Gasteiger charge is -2.32. The lowest BCUT2D eigenvalue weighted by molar-refractivity contribution is 0.233. The first-order valence-corrected chi connectivity index (χ1v) is 6.84. The average molecular weight is 250 g/mol. The molecule has 1 unspecified atom stereocenters. The summed E-state index contributed by atoms with van der Waals surface area (Å²) in [5.41, 5.74) is 1.55. The molecule has 1 aromatic heterocycles. The largest absolute Gasteiger partial charge is 0.367 e. The van der Waals surface area contributed by atoms with Gasteiger partial charge in [-0.1, -0.05) is 13.8 Å². The van der Waals surface area contributed by atoms with Crippen LogP contribution >= 0.6 is 0 Å². The first-order valence-electron chi connectivity index (χ1n) is 6.84. The maximum Gasteiger partial charge on any atom is 0.0320 e. The zero-order chi connectivity index (χ0) is 13.0. The van der Waals surface area contributed by atoms with Crippen molar-refractivity contribution < 1.29 is 0 Å². The number of aromatic nitrogens is 1. The topological polar surface area (TPSA) is 43.1 Å². The van der Waals surface area contributed by atoms with Gasteiger partial charge in [-0.3, -0.25) is 0 Å². The van der Waals surface area contributed by atoms with Gasteiger partial charge in [-0.2, -0.15) is 0 Å². The van der Waals surface area contributed by atoms with Crippen LogP contribution in [0.2, 0.25) is 0 Å². The second kappa shape index (κ2) is 5.87. The molecule has 0 amide bonds. The lowest BCUT2D eigenvalue weighted by atomic mass is 9.86. The molecule has 1 aliphatic heterocycles. The summed E-state index contributed by atoms with van der Waals surface area (Å²) in [7, 11) is 2.19. The van der Waals surface area contributed by atoms with Crippen LogP contribution in [0.3, 0.4) is 0 Å². The molecule has 1 fully saturated rings. The van der Waals surface area contributed by atoms with E-state index in [1.165, 1.54) is 5.56 Å². The van der Waals surface area contributed by atoms with Gasteiger partial charge in [0, 0.05) is 56.6 Å². The van der Waals surface area contributed by atoms with Gasteiger partial charge < -0.3 is 20.5 Å². The highest BCUT2D eigenvalue weighted by molar-refractivity contribution is 5.20. The Hall–Kier alpha value is -0.840. The van der Waals surface area contributed by atoms with E-state index in [9.17, 15) is 0 Å². The van der Waals surface area contributed by atoms with Crippen molar-refractivity contribution in [1.82, 2.24) is 20.5 Å². The molecule has 3 N–H and O–H groups in total. The highest BCUT2D eigenvalue weighted by Gasteiger charge is 2.22. The Bertz CT molecular complexity index is 345. The van der Waals surface area contributed by atoms with Crippen LogP contribution in [0, 0.1) is 0 Å². The van der Waals surface area contributed by atoms with Crippen LogP contribution in [0.5, 0.6) is 0 Å². The predicted molar refractivity (Wildman–Crippen MR) is 76.0 cm³/mol. The minimum atomic E-state index is 0.181. The van der Waals surface area contributed by atoms with E-state index in [0.717, 1.165) is 32.7 Å². The van der Waals surface area contributed by atoms with E-state index in [1.54, 1.807) is 0 Å². The zero-order valence-corrected chi connectivity index (χ0v) is 11.8. The maximum absolute atomic E-state index is 3.60. The van der Waals surface area contributed by atoms with E-state index in [2.05, 4.69) is 53.7 Å². The van der Waals surface area contributed by atoms with Gasteiger partial charge in [0.1, 0.15) is 0 Å². The number of rotatable bonds is 5. The van der Waals surface area contributed by atoms with Crippen LogP contribution in [-0.2, 0) is 5.41 Å². The van der Waals surface area contributed by atoms with Crippen molar-refractivity contribution in [2.24, 2.45) is 0 Å². The first-order chi connectivity index (χ1) is 8.58. The lowest BCUT2D eigenvalue weighted by Crippen LogP contribution is -2.53. The molecule has 2 heterocycles. The number of H-pyrrole nitrogens is 1. The summed E-state index contributed by atoms with van der Waals surface area (Å²) in [4.78, 5) is 5.52. The molecule has 1 aromatic rings. The second-order valence-electron chi connectivity index (χ2n) is 6.03. The Morgan fingerprint density at radius 3 is 3.00 bits per heavy atom. The SMILES string of the molecule is CN1CCNC(CNCC(C)(C)c2cc[nH]c2)C1. The number of likely N-dealkylation sites (N-methyl/N-ethyl adjacent to an activating group) is 1. The van der Waals surface area contributed by atoms with Crippen molar-refractivity contribution in [2.45, 2.75) is 25.3 Å². The van der Waals surface area contributed by atoms with Crippen molar-refractivity contribution in [2.75, 3.05) is 39.8 Å². The van der Waals surface area contributed by atoms with Gasteiger partial charge in [0.05, 0.1) is 0 Å². The number of nitrogens with zero attached hydrogens (tertiary/aromatic N) is 1. The summed E-state index contributed by atoms with van der Waals surface area (Å²) < 4.78 is 0. The summed E-state index contributed by atoms with van der Waals surface area (Å²) in [6.45, 7) is 10.0. The fourth-order valence-electron chi connectivity index (χ4n) is 2.53. The van der Waals surface area contributed by atoms with Crippen molar-refractivity contribution in [3.63, 3.8) is 0 Å². The summed E-state index contributed by atoms with van der Waals surface area (Å²) in [5.74, 6) is 0. The van der Waals surface area contributed by atoms with Gasteiger partial charge in [-0.05, 0) is 18.7 Å². The summed E-state index contributed by atoms with van der Waals surface area (Å²) in [6.07, 6.45) is 4.09. The maximum atomic E-state index is 3.60. The number of nitrogens with one attached hydrogen (secondary N) is 3. The van der Waals surface area contributed by atoms with Crippen molar-refractivity contribution in [3.05, 3.63) is 24.0 Å². The molecule has 0 radical (unpaired) electrons. The van der Waals surface area contributed by atoms with Crippen LogP contribution in [-0.4, -0.2) is 55.7 Å². The fourth-order valence-corrected chi connectivity index (χ4v) is 2.53. The Morgan fingerprint density at radius 2 is 2.33 bits per heavy atom. The van der Waals surface area contributed by atoms with E-state index in [-0.39, 0.29) is 5.41 Å². The molecule has 1 atom stereocenters. The molecule has 0 spiro atoms. The molecule has 1 aliphatic rings. The normalized spacial score (nSPS) is 22.3. The van der Waals surface area contributed by atoms with Crippen LogP contribution in [0.4, 0.5) is 0 Å². The summed E-state index contributed by atoms with van der Waals surface area (Å²) >= 11 is 0. The molecular formula is C14H26N4. The molecule has 2 rings (SSSR count). The zero-order valence-electron chi connectivity index (χ0n) is 11.8. The summed E-state index contributed by atoms with van der Waals surface area (Å²) in [6, 6.07) is 2.74. The van der Waals surface area contributed by atoms with E-state index < -0.39 is 0 Å². The quantitative estimate of drug-likeness (QED) is 0.724. The van der Waals surface area contributed by atoms with Crippen molar-refractivity contribution >= 4 is 0 Å². The third kappa shape index (κ3) is 3.57. The molecule has 0 bridgehead atoms. The van der Waals surface area contributed by atoms with Gasteiger partial charge in [0.2, 0.25) is 0 Å². The molecule has 0 aliphatic carbocycles. The monoisotopic (exact) mass is 250 g/mol. The van der Waals surface area contributed by atoms with Gasteiger partial charge >= 0.3 is 0 Å². The molecule has 18 heavy (non-hydrogen) atoms. The fraction of sp³-hybridized carbons (Fsp3) is 0.714.